The van der Waals surface area contributed by atoms with Gasteiger partial charge in [-0.05, 0) is 183 Å². The zero-order valence-corrected chi connectivity index (χ0v) is 86.4. The molecule has 5 saturated heterocycles. The Labute approximate surface area is 862 Å². The van der Waals surface area contributed by atoms with Gasteiger partial charge in [-0.15, -0.1) is 25.5 Å². The van der Waals surface area contributed by atoms with E-state index in [1.807, 2.05) is 184 Å². The molecule has 0 bridgehead atoms. The molecule has 5 fully saturated rings. The Bertz CT molecular complexity index is 7810. The predicted molar refractivity (Wildman–Crippen MR) is 572 cm³/mol. The van der Waals surface area contributed by atoms with Crippen LogP contribution in [0.1, 0.15) is 74.2 Å². The van der Waals surface area contributed by atoms with E-state index in [9.17, 15) is 14.6 Å². The van der Waals surface area contributed by atoms with Crippen molar-refractivity contribution in [1.82, 2.24) is 145 Å². The lowest BCUT2D eigenvalue weighted by molar-refractivity contribution is 0.0985. The molecule has 0 saturated carbocycles. The first kappa shape index (κ1) is 99.6. The molecule has 21 heterocycles. The average Bonchev–Trinajstić information content (AvgIpc) is 1.77. The molecule has 25 rings (SSSR count). The molecule has 0 unspecified atom stereocenters. The first-order valence-corrected chi connectivity index (χ1v) is 50.3. The highest BCUT2D eigenvalue weighted by molar-refractivity contribution is 5.99. The Kier molecular flexibility index (Phi) is 28.4. The number of hydrogen-bond donors (Lipinski definition) is 7. The Morgan fingerprint density at radius 1 is 0.313 bits per heavy atom. The maximum atomic E-state index is 14.4. The topological polar surface area (TPSA) is 451 Å². The van der Waals surface area contributed by atoms with E-state index in [0.717, 1.165) is 235 Å². The number of pyridine rings is 3. The van der Waals surface area contributed by atoms with Crippen LogP contribution in [0, 0.1) is 40.4 Å². The summed E-state index contributed by atoms with van der Waals surface area (Å²) in [6.07, 6.45) is 11.3. The standard InChI is InChI=1S/C23H26N6O2.C22H25N7O2.C21H22FN7O.2C21H23N7O/c1-14-13-31-7-6-29(14)22-11-17(23-15(2)26-27-28(23)3)10-21(25-22)19-8-16(12-30)9-20-18(19)4-5-24-20;1-13-12-31-7-6-29(13)20-10-19(21-14(2)26-27-28(21)3)24-22(25-20)17-8-15(11-30)9-18-16(17)4-5-23-18;1-12-11-30-7-6-29(12)19-10-18(20-13(2)26-27-28(20)3)24-21(25-19)16-8-14(22)9-17-15(16)4-5-23-17;1-13-12-29-9-8-28(13)19-11-15(20-14(2)25-26-27(20)3)10-18(24-19)16-4-6-22-21-17(16)5-7-23-21;1-13-12-29-10-9-28(13)19-11-18(20-14(2)25-26-27(20)3)23-21(24-19)16-5-4-6-17-15(16)7-8-22-17/h4-5,8-11,14,24,30H,6-7,12-13H2,1-3H3;4-5,8-10,13,23,30H,6-7,11-12H2,1-3H3;4-5,8-10,12,23H,6-7,11H2,1-3H3;4-7,10-11,13H,8-9,12H2,1-3H3,(H,22,23);4-8,11,13,22H,9-10,12H2,1-3H3/t14-;13-;12-;2*13-/m11111/s1. The van der Waals surface area contributed by atoms with Gasteiger partial charge in [-0.1, -0.05) is 38.2 Å². The Morgan fingerprint density at radius 3 is 1.02 bits per heavy atom. The molecule has 150 heavy (non-hydrogen) atoms. The zero-order valence-electron chi connectivity index (χ0n) is 86.4. The van der Waals surface area contributed by atoms with E-state index >= 15 is 0 Å². The molecule has 5 aliphatic heterocycles. The maximum Gasteiger partial charge on any atom is 0.162 e. The molecule has 0 aliphatic carbocycles. The molecule has 5 atom stereocenters. The number of aromatic nitrogens is 29. The van der Waals surface area contributed by atoms with E-state index < -0.39 is 0 Å². The third-order valence-corrected chi connectivity index (χ3v) is 28.1. The molecule has 0 spiro atoms. The minimum Gasteiger partial charge on any atom is -0.392 e. The monoisotopic (exact) mass is 2020 g/mol. The summed E-state index contributed by atoms with van der Waals surface area (Å²) in [5, 5.41) is 66.6. The predicted octanol–water partition coefficient (Wildman–Crippen LogP) is 14.5. The van der Waals surface area contributed by atoms with E-state index in [4.69, 9.17) is 63.6 Å². The normalized spacial score (nSPS) is 17.1. The number of fused-ring (bicyclic) bond motifs is 5. The minimum absolute atomic E-state index is 0.0280. The summed E-state index contributed by atoms with van der Waals surface area (Å²) in [6, 6.07) is 44.6. The van der Waals surface area contributed by atoms with Gasteiger partial charge in [-0.3, -0.25) is 0 Å². The fourth-order valence-corrected chi connectivity index (χ4v) is 20.6. The first-order valence-electron chi connectivity index (χ1n) is 50.3. The molecule has 0 radical (unpaired) electrons. The van der Waals surface area contributed by atoms with Gasteiger partial charge in [-0.2, -0.15) is 0 Å². The van der Waals surface area contributed by atoms with Crippen LogP contribution in [0.2, 0.25) is 0 Å². The van der Waals surface area contributed by atoms with Crippen molar-refractivity contribution in [2.24, 2.45) is 35.2 Å². The fraction of sp³-hybridized carbons (Fsp3) is 0.343. The van der Waals surface area contributed by atoms with E-state index in [0.29, 0.717) is 100 Å². The summed E-state index contributed by atoms with van der Waals surface area (Å²) in [6.45, 7) is 31.0. The lowest BCUT2D eigenvalue weighted by Crippen LogP contribution is -2.44. The maximum absolute atomic E-state index is 14.4. The fourth-order valence-electron chi connectivity index (χ4n) is 20.6. The van der Waals surface area contributed by atoms with Crippen molar-refractivity contribution >= 4 is 83.7 Å². The van der Waals surface area contributed by atoms with Crippen LogP contribution in [0.25, 0.3) is 168 Å². The molecule has 5 aliphatic rings. The number of ether oxygens (including phenoxy) is 5. The number of nitrogens with zero attached hydrogens (tertiary/aromatic N) is 29. The van der Waals surface area contributed by atoms with E-state index in [1.165, 1.54) is 12.1 Å². The molecule has 16 aromatic heterocycles. The van der Waals surface area contributed by atoms with Gasteiger partial charge in [0.15, 0.2) is 17.5 Å². The summed E-state index contributed by atoms with van der Waals surface area (Å²) in [7, 11) is 9.42. The molecule has 4 aromatic carbocycles. The largest absolute Gasteiger partial charge is 0.392 e. The van der Waals surface area contributed by atoms with Crippen LogP contribution in [0.3, 0.4) is 0 Å². The van der Waals surface area contributed by atoms with Gasteiger partial charge in [0.05, 0.1) is 178 Å². The molecule has 42 heteroatoms. The molecular weight excluding hydrogens is 1900 g/mol. The van der Waals surface area contributed by atoms with Crippen LogP contribution in [0.5, 0.6) is 0 Å². The van der Waals surface area contributed by atoms with Crippen LogP contribution in [-0.4, -0.2) is 284 Å². The van der Waals surface area contributed by atoms with Crippen molar-refractivity contribution in [2.75, 3.05) is 123 Å². The van der Waals surface area contributed by atoms with Crippen LogP contribution in [0.15, 0.2) is 171 Å². The van der Waals surface area contributed by atoms with Gasteiger partial charge >= 0.3 is 0 Å². The second-order valence-corrected chi connectivity index (χ2v) is 38.5. The number of halogens is 1. The van der Waals surface area contributed by atoms with E-state index in [-0.39, 0.29) is 49.2 Å². The Balaban J connectivity index is 0.000000109. The van der Waals surface area contributed by atoms with Crippen molar-refractivity contribution in [3.63, 3.8) is 0 Å². The highest BCUT2D eigenvalue weighted by Crippen LogP contribution is 2.42. The summed E-state index contributed by atoms with van der Waals surface area (Å²) in [5.41, 5.74) is 25.6. The summed E-state index contributed by atoms with van der Waals surface area (Å²) in [5.74, 6) is 5.78. The number of aliphatic hydroxyl groups excluding tert-OH is 2. The summed E-state index contributed by atoms with van der Waals surface area (Å²) < 4.78 is 51.3. The molecule has 20 aromatic rings. The number of rotatable bonds is 17. The van der Waals surface area contributed by atoms with Gasteiger partial charge < -0.3 is 83.3 Å². The third-order valence-electron chi connectivity index (χ3n) is 28.1. The number of morpholine rings is 5. The molecule has 7 N–H and O–H groups in total. The number of benzene rings is 4. The van der Waals surface area contributed by atoms with Crippen LogP contribution in [-0.2, 0) is 72.1 Å². The number of aryl methyl sites for hydroxylation is 10. The van der Waals surface area contributed by atoms with Crippen molar-refractivity contribution in [1.29, 1.82) is 0 Å². The lowest BCUT2D eigenvalue weighted by Gasteiger charge is -2.34. The summed E-state index contributed by atoms with van der Waals surface area (Å²) >= 11 is 0. The third kappa shape index (κ3) is 20.2. The molecule has 41 nitrogen and oxygen atoms in total. The number of nitrogens with one attached hydrogen (secondary N) is 5. The van der Waals surface area contributed by atoms with Gasteiger partial charge in [-0.25, -0.2) is 72.7 Å². The Morgan fingerprint density at radius 2 is 0.640 bits per heavy atom. The van der Waals surface area contributed by atoms with Crippen molar-refractivity contribution < 1.29 is 38.3 Å². The molecular formula is C108H119FN34O7. The zero-order chi connectivity index (χ0) is 104. The smallest absolute Gasteiger partial charge is 0.162 e. The van der Waals surface area contributed by atoms with Crippen LogP contribution < -0.4 is 24.5 Å². The SMILES string of the molecule is Cc1nnn(C)c1-c1cc(-c2cc(CO)cc3[nH]ccc23)nc(N2CCOC[C@H]2C)c1.Cc1nnn(C)c1-c1cc(-c2ccnc3[nH]ccc23)nc(N2CCOC[C@H]2C)c1.Cc1nnn(C)c1-c1cc(N2CCOC[C@H]2C)nc(-c2cc(CO)cc3[nH]ccc23)n1.Cc1nnn(C)c1-c1cc(N2CCOC[C@H]2C)nc(-c2cc(F)cc3[nH]ccc23)n1.Cc1nnn(C)c1-c1cc(N2CCOC[C@H]2C)nc(-c2cccc3[nH]ccc23)n1. The molecule has 0 amide bonds. The van der Waals surface area contributed by atoms with Gasteiger partial charge in [0.2, 0.25) is 0 Å². The average molecular weight is 2020 g/mol. The van der Waals surface area contributed by atoms with Crippen molar-refractivity contribution in [3.05, 3.63) is 216 Å². The van der Waals surface area contributed by atoms with E-state index in [1.54, 1.807) is 24.9 Å². The van der Waals surface area contributed by atoms with Crippen molar-refractivity contribution in [2.45, 2.75) is 113 Å². The van der Waals surface area contributed by atoms with Gasteiger partial charge in [0.25, 0.3) is 0 Å². The number of H-pyrrole nitrogens is 5. The van der Waals surface area contributed by atoms with E-state index in [2.05, 4.69) is 183 Å². The van der Waals surface area contributed by atoms with Crippen LogP contribution >= 0.6 is 0 Å². The van der Waals surface area contributed by atoms with Crippen LogP contribution in [0.4, 0.5) is 33.5 Å². The number of aliphatic hydroxyl groups is 2. The number of anilines is 5. The highest BCUT2D eigenvalue weighted by Gasteiger charge is 2.33. The van der Waals surface area contributed by atoms with Crippen molar-refractivity contribution in [3.8, 4) is 113 Å². The Hall–Kier alpha value is -16.4. The van der Waals surface area contributed by atoms with Gasteiger partial charge in [0, 0.05) is 211 Å². The molecule has 770 valence electrons. The minimum atomic E-state index is -0.339. The second-order valence-electron chi connectivity index (χ2n) is 38.5. The quantitative estimate of drug-likeness (QED) is 0.0445. The summed E-state index contributed by atoms with van der Waals surface area (Å²) in [4.78, 5) is 71.4. The number of hydrogen-bond acceptors (Lipinski definition) is 31. The lowest BCUT2D eigenvalue weighted by atomic mass is 10.0. The first-order chi connectivity index (χ1) is 72.8. The highest BCUT2D eigenvalue weighted by atomic mass is 19.1. The second kappa shape index (κ2) is 42.8. The van der Waals surface area contributed by atoms with Gasteiger partial charge in [0.1, 0.15) is 57.6 Å². The number of aromatic amines is 5.